The van der Waals surface area contributed by atoms with E-state index in [1.807, 2.05) is 24.3 Å². The summed E-state index contributed by atoms with van der Waals surface area (Å²) >= 11 is 13.0. The lowest BCUT2D eigenvalue weighted by atomic mass is 9.83. The molecule has 156 valence electrons. The summed E-state index contributed by atoms with van der Waals surface area (Å²) in [6.45, 7) is 9.47. The Morgan fingerprint density at radius 1 is 0.733 bits per heavy atom. The van der Waals surface area contributed by atoms with Crippen molar-refractivity contribution in [2.24, 2.45) is 5.41 Å². The lowest BCUT2D eigenvalue weighted by Crippen LogP contribution is -2.54. The normalized spacial score (nSPS) is 16.5. The molecule has 30 heavy (non-hydrogen) atoms. The summed E-state index contributed by atoms with van der Waals surface area (Å²) in [5, 5.41) is 1.64. The quantitative estimate of drug-likeness (QED) is 0.417. The van der Waals surface area contributed by atoms with E-state index in [1.165, 1.54) is 11.4 Å². The predicted molar refractivity (Wildman–Crippen MR) is 130 cm³/mol. The molecule has 2 nitrogen and oxygen atoms in total. The number of anilines is 2. The highest BCUT2D eigenvalue weighted by molar-refractivity contribution is 6.31. The molecule has 0 N–H and O–H groups in total. The van der Waals surface area contributed by atoms with Gasteiger partial charge in [0.25, 0.3) is 0 Å². The molecule has 3 aromatic rings. The van der Waals surface area contributed by atoms with Gasteiger partial charge in [-0.2, -0.15) is 0 Å². The van der Waals surface area contributed by atoms with E-state index in [0.29, 0.717) is 6.04 Å². The molecule has 4 heteroatoms. The van der Waals surface area contributed by atoms with E-state index in [1.54, 1.807) is 0 Å². The van der Waals surface area contributed by atoms with Crippen LogP contribution < -0.4 is 9.80 Å². The zero-order valence-electron chi connectivity index (χ0n) is 17.8. The second-order valence-corrected chi connectivity index (χ2v) is 9.88. The van der Waals surface area contributed by atoms with Gasteiger partial charge in [0, 0.05) is 29.7 Å². The van der Waals surface area contributed by atoms with E-state index >= 15 is 0 Å². The van der Waals surface area contributed by atoms with Crippen LogP contribution in [-0.4, -0.2) is 12.6 Å². The average Bonchev–Trinajstić information content (AvgIpc) is 2.72. The van der Waals surface area contributed by atoms with Crippen LogP contribution in [0.2, 0.25) is 10.0 Å². The largest absolute Gasteiger partial charge is 0.363 e. The second kappa shape index (κ2) is 8.53. The standard InChI is InChI=1S/C26H28Cl2N2/c1-26(2,3)25-18-29(16-19-10-4-6-12-21(19)27)23-14-8-9-15-24(23)30(25)17-20-11-5-7-13-22(20)28/h4-15,25H,16-18H2,1-3H3. The summed E-state index contributed by atoms with van der Waals surface area (Å²) in [5.74, 6) is 0. The Morgan fingerprint density at radius 3 is 1.80 bits per heavy atom. The number of nitrogens with zero attached hydrogens (tertiary/aromatic N) is 2. The van der Waals surface area contributed by atoms with E-state index in [4.69, 9.17) is 23.2 Å². The molecule has 0 spiro atoms. The number of benzene rings is 3. The molecule has 1 aliphatic heterocycles. The van der Waals surface area contributed by atoms with Gasteiger partial charge >= 0.3 is 0 Å². The average molecular weight is 439 g/mol. The van der Waals surface area contributed by atoms with Gasteiger partial charge in [0.1, 0.15) is 0 Å². The summed E-state index contributed by atoms with van der Waals surface area (Å²) in [6, 6.07) is 25.3. The van der Waals surface area contributed by atoms with E-state index in [9.17, 15) is 0 Å². The van der Waals surface area contributed by atoms with Crippen molar-refractivity contribution in [3.05, 3.63) is 94.0 Å². The third kappa shape index (κ3) is 4.31. The first-order valence-corrected chi connectivity index (χ1v) is 11.2. The number of para-hydroxylation sites is 2. The number of hydrogen-bond donors (Lipinski definition) is 0. The van der Waals surface area contributed by atoms with Crippen molar-refractivity contribution in [1.82, 2.24) is 0 Å². The van der Waals surface area contributed by atoms with Gasteiger partial charge in [-0.15, -0.1) is 0 Å². The zero-order chi connectivity index (χ0) is 21.3. The Balaban J connectivity index is 1.75. The molecular formula is C26H28Cl2N2. The predicted octanol–water partition coefficient (Wildman–Crippen LogP) is 7.43. The third-order valence-corrected chi connectivity index (χ3v) is 6.66. The van der Waals surface area contributed by atoms with E-state index in [2.05, 4.69) is 79.1 Å². The van der Waals surface area contributed by atoms with E-state index in [-0.39, 0.29) is 5.41 Å². The maximum Gasteiger partial charge on any atom is 0.0610 e. The molecule has 1 heterocycles. The summed E-state index contributed by atoms with van der Waals surface area (Å²) in [5.41, 5.74) is 4.89. The minimum Gasteiger partial charge on any atom is -0.363 e. The molecule has 1 unspecified atom stereocenters. The summed E-state index contributed by atoms with van der Waals surface area (Å²) in [4.78, 5) is 5.00. The fourth-order valence-electron chi connectivity index (χ4n) is 4.28. The molecule has 0 aliphatic carbocycles. The molecule has 1 aliphatic rings. The highest BCUT2D eigenvalue weighted by Crippen LogP contribution is 2.42. The first-order chi connectivity index (χ1) is 14.3. The molecule has 0 bridgehead atoms. The van der Waals surface area contributed by atoms with Crippen molar-refractivity contribution in [2.75, 3.05) is 16.3 Å². The van der Waals surface area contributed by atoms with Gasteiger partial charge < -0.3 is 9.80 Å². The molecule has 3 aromatic carbocycles. The first-order valence-electron chi connectivity index (χ1n) is 10.4. The number of hydrogen-bond acceptors (Lipinski definition) is 2. The molecular weight excluding hydrogens is 411 g/mol. The van der Waals surface area contributed by atoms with Crippen molar-refractivity contribution in [1.29, 1.82) is 0 Å². The fraction of sp³-hybridized carbons (Fsp3) is 0.308. The Morgan fingerprint density at radius 2 is 1.23 bits per heavy atom. The minimum absolute atomic E-state index is 0.0908. The van der Waals surface area contributed by atoms with Crippen LogP contribution in [-0.2, 0) is 13.1 Å². The number of halogens is 2. The Hall–Kier alpha value is -2.16. The highest BCUT2D eigenvalue weighted by atomic mass is 35.5. The third-order valence-electron chi connectivity index (χ3n) is 5.92. The van der Waals surface area contributed by atoms with Crippen molar-refractivity contribution in [3.63, 3.8) is 0 Å². The SMILES string of the molecule is CC(C)(C)C1CN(Cc2ccccc2Cl)c2ccccc2N1Cc1ccccc1Cl. The summed E-state index contributed by atoms with van der Waals surface area (Å²) in [7, 11) is 0. The van der Waals surface area contributed by atoms with E-state index < -0.39 is 0 Å². The van der Waals surface area contributed by atoms with Gasteiger partial charge in [0.2, 0.25) is 0 Å². The van der Waals surface area contributed by atoms with Gasteiger partial charge in [-0.05, 0) is 40.8 Å². The van der Waals surface area contributed by atoms with Crippen LogP contribution in [0.4, 0.5) is 11.4 Å². The molecule has 0 saturated carbocycles. The highest BCUT2D eigenvalue weighted by Gasteiger charge is 2.38. The lowest BCUT2D eigenvalue weighted by molar-refractivity contribution is 0.295. The summed E-state index contributed by atoms with van der Waals surface area (Å²) in [6.07, 6.45) is 0. The monoisotopic (exact) mass is 438 g/mol. The van der Waals surface area contributed by atoms with Crippen LogP contribution in [0.5, 0.6) is 0 Å². The molecule has 0 fully saturated rings. The molecule has 1 atom stereocenters. The van der Waals surface area contributed by atoms with Crippen LogP contribution in [0.15, 0.2) is 72.8 Å². The topological polar surface area (TPSA) is 6.48 Å². The maximum absolute atomic E-state index is 6.53. The van der Waals surface area contributed by atoms with Crippen molar-refractivity contribution in [3.8, 4) is 0 Å². The van der Waals surface area contributed by atoms with Crippen molar-refractivity contribution in [2.45, 2.75) is 39.9 Å². The molecule has 4 rings (SSSR count). The molecule has 0 saturated heterocycles. The Kier molecular flexibility index (Phi) is 5.99. The molecule has 0 amide bonds. The number of rotatable bonds is 4. The van der Waals surface area contributed by atoms with Gasteiger partial charge in [-0.1, -0.05) is 92.5 Å². The Labute approximate surface area is 190 Å². The van der Waals surface area contributed by atoms with Crippen molar-refractivity contribution < 1.29 is 0 Å². The van der Waals surface area contributed by atoms with Crippen LogP contribution in [0.1, 0.15) is 31.9 Å². The fourth-order valence-corrected chi connectivity index (χ4v) is 4.67. The zero-order valence-corrected chi connectivity index (χ0v) is 19.3. The van der Waals surface area contributed by atoms with Gasteiger partial charge in [-0.3, -0.25) is 0 Å². The van der Waals surface area contributed by atoms with Gasteiger partial charge in [-0.25, -0.2) is 0 Å². The van der Waals surface area contributed by atoms with Crippen LogP contribution in [0, 0.1) is 5.41 Å². The lowest BCUT2D eigenvalue weighted by Gasteiger charge is -2.50. The van der Waals surface area contributed by atoms with Gasteiger partial charge in [0.15, 0.2) is 0 Å². The minimum atomic E-state index is 0.0908. The smallest absolute Gasteiger partial charge is 0.0610 e. The summed E-state index contributed by atoms with van der Waals surface area (Å²) < 4.78 is 0. The van der Waals surface area contributed by atoms with Crippen LogP contribution in [0.25, 0.3) is 0 Å². The molecule has 0 aromatic heterocycles. The maximum atomic E-state index is 6.53. The molecule has 0 radical (unpaired) electrons. The van der Waals surface area contributed by atoms with Crippen molar-refractivity contribution >= 4 is 34.6 Å². The first kappa shape index (κ1) is 21.1. The van der Waals surface area contributed by atoms with E-state index in [0.717, 1.165) is 40.8 Å². The number of fused-ring (bicyclic) bond motifs is 1. The van der Waals surface area contributed by atoms with Gasteiger partial charge in [0.05, 0.1) is 17.4 Å². The van der Waals surface area contributed by atoms with Crippen LogP contribution >= 0.6 is 23.2 Å². The second-order valence-electron chi connectivity index (χ2n) is 9.06. The Bertz CT molecular complexity index is 1030. The van der Waals surface area contributed by atoms with Crippen LogP contribution in [0.3, 0.4) is 0 Å².